The summed E-state index contributed by atoms with van der Waals surface area (Å²) in [6, 6.07) is 0.671. The second kappa shape index (κ2) is 6.47. The van der Waals surface area contributed by atoms with Crippen molar-refractivity contribution in [2.24, 2.45) is 0 Å². The second-order valence-electron chi connectivity index (χ2n) is 4.84. The Bertz CT molecular complexity index is 421. The molecule has 6 heteroatoms. The maximum absolute atomic E-state index is 10.4. The fraction of sp³-hybridized carbons (Fsp3) is 0.615. The van der Waals surface area contributed by atoms with Crippen LogP contribution in [0.1, 0.15) is 31.7 Å². The number of rotatable bonds is 6. The molecule has 0 bridgehead atoms. The minimum absolute atomic E-state index is 0.163. The van der Waals surface area contributed by atoms with E-state index in [9.17, 15) is 4.79 Å². The highest BCUT2D eigenvalue weighted by Crippen LogP contribution is 2.21. The summed E-state index contributed by atoms with van der Waals surface area (Å²) in [5.41, 5.74) is 1.07. The van der Waals surface area contributed by atoms with Crippen LogP contribution in [0.5, 0.6) is 0 Å². The first-order valence-corrected chi connectivity index (χ1v) is 6.69. The number of hydrogen-bond acceptors (Lipinski definition) is 5. The molecular weight excluding hydrogens is 244 g/mol. The van der Waals surface area contributed by atoms with E-state index in [1.54, 1.807) is 12.4 Å². The summed E-state index contributed by atoms with van der Waals surface area (Å²) in [6.07, 6.45) is 7.25. The van der Waals surface area contributed by atoms with Crippen LogP contribution in [-0.2, 0) is 11.3 Å². The lowest BCUT2D eigenvalue weighted by atomic mass is 10.1. The van der Waals surface area contributed by atoms with Crippen molar-refractivity contribution >= 4 is 11.9 Å². The van der Waals surface area contributed by atoms with Crippen LogP contribution in [0.25, 0.3) is 0 Å². The summed E-state index contributed by atoms with van der Waals surface area (Å²) in [7, 11) is 0. The predicted molar refractivity (Wildman–Crippen MR) is 71.9 cm³/mol. The van der Waals surface area contributed by atoms with Gasteiger partial charge in [-0.2, -0.15) is 0 Å². The normalized spacial score (nSPS) is 19.5. The first kappa shape index (κ1) is 13.7. The van der Waals surface area contributed by atoms with Crippen LogP contribution in [0, 0.1) is 0 Å². The highest BCUT2D eigenvalue weighted by molar-refractivity contribution is 5.71. The van der Waals surface area contributed by atoms with Gasteiger partial charge in [0.2, 0.25) is 5.95 Å². The third-order valence-electron chi connectivity index (χ3n) is 3.46. The van der Waals surface area contributed by atoms with Crippen LogP contribution in [0.4, 0.5) is 5.95 Å². The van der Waals surface area contributed by atoms with Crippen LogP contribution in [0.15, 0.2) is 12.4 Å². The van der Waals surface area contributed by atoms with Gasteiger partial charge in [0.05, 0.1) is 0 Å². The van der Waals surface area contributed by atoms with Crippen molar-refractivity contribution in [3.8, 4) is 0 Å². The molecule has 0 aliphatic carbocycles. The van der Waals surface area contributed by atoms with Crippen molar-refractivity contribution in [1.82, 2.24) is 14.9 Å². The van der Waals surface area contributed by atoms with E-state index in [-0.39, 0.29) is 6.54 Å². The Morgan fingerprint density at radius 3 is 2.89 bits per heavy atom. The van der Waals surface area contributed by atoms with Crippen molar-refractivity contribution in [2.75, 3.05) is 18.4 Å². The molecule has 0 unspecified atom stereocenters. The van der Waals surface area contributed by atoms with Crippen molar-refractivity contribution in [3.05, 3.63) is 18.0 Å². The van der Waals surface area contributed by atoms with E-state index in [4.69, 9.17) is 5.11 Å². The standard InChI is InChI=1S/C13H20N4O2/c1-2-11-4-3-5-17(11)9-10-6-14-13(15-7-10)16-8-12(18)19/h6-7,11H,2-5,8-9H2,1H3,(H,18,19)(H,14,15,16)/t11-/m1/s1. The summed E-state index contributed by atoms with van der Waals surface area (Å²) >= 11 is 0. The molecule has 19 heavy (non-hydrogen) atoms. The molecule has 1 saturated heterocycles. The average molecular weight is 264 g/mol. The highest BCUT2D eigenvalue weighted by atomic mass is 16.4. The van der Waals surface area contributed by atoms with Crippen molar-refractivity contribution < 1.29 is 9.90 Å². The zero-order chi connectivity index (χ0) is 13.7. The molecule has 2 rings (SSSR count). The van der Waals surface area contributed by atoms with E-state index in [0.29, 0.717) is 12.0 Å². The van der Waals surface area contributed by atoms with Gasteiger partial charge in [-0.05, 0) is 25.8 Å². The number of aliphatic carboxylic acids is 1. The van der Waals surface area contributed by atoms with Crippen molar-refractivity contribution in [3.63, 3.8) is 0 Å². The number of aromatic nitrogens is 2. The Labute approximate surface area is 112 Å². The Kier molecular flexibility index (Phi) is 4.68. The largest absolute Gasteiger partial charge is 0.480 e. The molecule has 0 amide bonds. The third kappa shape index (κ3) is 3.89. The molecule has 0 aromatic carbocycles. The molecule has 6 nitrogen and oxygen atoms in total. The Morgan fingerprint density at radius 1 is 1.53 bits per heavy atom. The maximum Gasteiger partial charge on any atom is 0.322 e. The summed E-state index contributed by atoms with van der Waals surface area (Å²) in [4.78, 5) is 21.1. The van der Waals surface area contributed by atoms with Crippen LogP contribution in [-0.4, -0.2) is 45.1 Å². The average Bonchev–Trinajstić information content (AvgIpc) is 2.85. The quantitative estimate of drug-likeness (QED) is 0.807. The third-order valence-corrected chi connectivity index (χ3v) is 3.46. The summed E-state index contributed by atoms with van der Waals surface area (Å²) in [5.74, 6) is -0.560. The summed E-state index contributed by atoms with van der Waals surface area (Å²) in [6.45, 7) is 4.07. The van der Waals surface area contributed by atoms with Gasteiger partial charge in [-0.15, -0.1) is 0 Å². The molecule has 1 aliphatic rings. The molecule has 2 N–H and O–H groups in total. The van der Waals surface area contributed by atoms with Crippen LogP contribution in [0.3, 0.4) is 0 Å². The van der Waals surface area contributed by atoms with E-state index in [1.165, 1.54) is 19.3 Å². The minimum atomic E-state index is -0.921. The smallest absolute Gasteiger partial charge is 0.322 e. The molecule has 104 valence electrons. The van der Waals surface area contributed by atoms with Gasteiger partial charge in [-0.25, -0.2) is 9.97 Å². The second-order valence-corrected chi connectivity index (χ2v) is 4.84. The molecule has 1 aliphatic heterocycles. The van der Waals surface area contributed by atoms with E-state index in [2.05, 4.69) is 27.1 Å². The number of hydrogen-bond donors (Lipinski definition) is 2. The van der Waals surface area contributed by atoms with E-state index in [0.717, 1.165) is 18.7 Å². The SMILES string of the molecule is CC[C@@H]1CCCN1Cc1cnc(NCC(=O)O)nc1. The summed E-state index contributed by atoms with van der Waals surface area (Å²) < 4.78 is 0. The Balaban J connectivity index is 1.89. The van der Waals surface area contributed by atoms with Gasteiger partial charge in [-0.1, -0.05) is 6.92 Å². The van der Waals surface area contributed by atoms with Gasteiger partial charge < -0.3 is 10.4 Å². The number of nitrogens with zero attached hydrogens (tertiary/aromatic N) is 3. The zero-order valence-corrected chi connectivity index (χ0v) is 11.2. The topological polar surface area (TPSA) is 78.4 Å². The first-order chi connectivity index (χ1) is 9.19. The van der Waals surface area contributed by atoms with Gasteiger partial charge in [-0.3, -0.25) is 9.69 Å². The molecule has 1 fully saturated rings. The monoisotopic (exact) mass is 264 g/mol. The molecule has 0 saturated carbocycles. The van der Waals surface area contributed by atoms with Gasteiger partial charge in [0.25, 0.3) is 0 Å². The number of nitrogens with one attached hydrogen (secondary N) is 1. The molecule has 0 radical (unpaired) electrons. The molecule has 2 heterocycles. The molecule has 1 atom stereocenters. The fourth-order valence-electron chi connectivity index (χ4n) is 2.48. The van der Waals surface area contributed by atoms with Crippen LogP contribution in [0.2, 0.25) is 0 Å². The van der Waals surface area contributed by atoms with E-state index < -0.39 is 5.97 Å². The van der Waals surface area contributed by atoms with Crippen LogP contribution >= 0.6 is 0 Å². The molecule has 1 aromatic rings. The van der Waals surface area contributed by atoms with Gasteiger partial charge in [0, 0.05) is 30.5 Å². The minimum Gasteiger partial charge on any atom is -0.480 e. The first-order valence-electron chi connectivity index (χ1n) is 6.69. The molecule has 0 spiro atoms. The van der Waals surface area contributed by atoms with E-state index in [1.807, 2.05) is 0 Å². The zero-order valence-electron chi connectivity index (χ0n) is 11.2. The van der Waals surface area contributed by atoms with E-state index >= 15 is 0 Å². The molecular formula is C13H20N4O2. The lowest BCUT2D eigenvalue weighted by Crippen LogP contribution is -2.28. The number of likely N-dealkylation sites (tertiary alicyclic amines) is 1. The number of anilines is 1. The predicted octanol–water partition coefficient (Wildman–Crippen LogP) is 1.35. The van der Waals surface area contributed by atoms with Crippen molar-refractivity contribution in [2.45, 2.75) is 38.8 Å². The number of carboxylic acid groups (broad SMARTS) is 1. The lowest BCUT2D eigenvalue weighted by Gasteiger charge is -2.22. The van der Waals surface area contributed by atoms with Crippen LogP contribution < -0.4 is 5.32 Å². The number of carboxylic acids is 1. The van der Waals surface area contributed by atoms with Gasteiger partial charge in [0.1, 0.15) is 6.54 Å². The highest BCUT2D eigenvalue weighted by Gasteiger charge is 2.22. The Morgan fingerprint density at radius 2 is 2.26 bits per heavy atom. The molecule has 1 aromatic heterocycles. The fourth-order valence-corrected chi connectivity index (χ4v) is 2.48. The number of carbonyl (C=O) groups is 1. The van der Waals surface area contributed by atoms with Gasteiger partial charge >= 0.3 is 5.97 Å². The summed E-state index contributed by atoms with van der Waals surface area (Å²) in [5, 5.41) is 11.2. The lowest BCUT2D eigenvalue weighted by molar-refractivity contribution is -0.134. The maximum atomic E-state index is 10.4. The van der Waals surface area contributed by atoms with Gasteiger partial charge in [0.15, 0.2) is 0 Å². The van der Waals surface area contributed by atoms with Crippen molar-refractivity contribution in [1.29, 1.82) is 0 Å². The Hall–Kier alpha value is -1.69.